The summed E-state index contributed by atoms with van der Waals surface area (Å²) in [4.78, 5) is 15.9. The van der Waals surface area contributed by atoms with Crippen LogP contribution < -0.4 is 0 Å². The van der Waals surface area contributed by atoms with E-state index in [4.69, 9.17) is 9.68 Å². The van der Waals surface area contributed by atoms with Crippen LogP contribution in [0.5, 0.6) is 0 Å². The van der Waals surface area contributed by atoms with E-state index in [-0.39, 0.29) is 5.91 Å². The van der Waals surface area contributed by atoms with Gasteiger partial charge in [0.1, 0.15) is 0 Å². The van der Waals surface area contributed by atoms with Gasteiger partial charge in [-0.3, -0.25) is 4.79 Å². The van der Waals surface area contributed by atoms with Crippen molar-refractivity contribution in [2.24, 2.45) is 0 Å². The van der Waals surface area contributed by atoms with Gasteiger partial charge in [-0.05, 0) is 42.1 Å². The third-order valence-corrected chi connectivity index (χ3v) is 4.62. The average molecular weight is 336 g/mol. The van der Waals surface area contributed by atoms with E-state index in [0.29, 0.717) is 24.2 Å². The van der Waals surface area contributed by atoms with Crippen molar-refractivity contribution in [1.29, 1.82) is 5.26 Å². The van der Waals surface area contributed by atoms with Gasteiger partial charge in [0.2, 0.25) is 0 Å². The van der Waals surface area contributed by atoms with E-state index in [0.717, 1.165) is 12.0 Å². The van der Waals surface area contributed by atoms with Crippen molar-refractivity contribution in [3.05, 3.63) is 81.9 Å². The number of thiophene rings is 1. The van der Waals surface area contributed by atoms with Crippen LogP contribution in [0.2, 0.25) is 0 Å². The number of carbonyl (C=O) groups excluding carboxylic acids is 1. The highest BCUT2D eigenvalue weighted by atomic mass is 32.1. The Balaban J connectivity index is 1.79. The van der Waals surface area contributed by atoms with E-state index in [1.165, 1.54) is 4.88 Å². The van der Waals surface area contributed by atoms with E-state index in [1.54, 1.807) is 53.0 Å². The van der Waals surface area contributed by atoms with Crippen LogP contribution in [0.15, 0.2) is 64.8 Å². The van der Waals surface area contributed by atoms with Crippen LogP contribution >= 0.6 is 11.3 Å². The van der Waals surface area contributed by atoms with Crippen molar-refractivity contribution >= 4 is 17.2 Å². The summed E-state index contributed by atoms with van der Waals surface area (Å²) in [6, 6.07) is 14.8. The van der Waals surface area contributed by atoms with Gasteiger partial charge in [-0.15, -0.1) is 11.3 Å². The zero-order valence-electron chi connectivity index (χ0n) is 13.0. The van der Waals surface area contributed by atoms with Crippen LogP contribution in [0, 0.1) is 11.3 Å². The molecule has 0 aliphatic carbocycles. The Morgan fingerprint density at radius 1 is 1.25 bits per heavy atom. The topological polar surface area (TPSA) is 57.2 Å². The molecular weight excluding hydrogens is 320 g/mol. The normalized spacial score (nSPS) is 10.3. The summed E-state index contributed by atoms with van der Waals surface area (Å²) in [5.74, 6) is -0.0788. The summed E-state index contributed by atoms with van der Waals surface area (Å²) >= 11 is 1.69. The molecule has 24 heavy (non-hydrogen) atoms. The van der Waals surface area contributed by atoms with Gasteiger partial charge in [-0.2, -0.15) is 5.26 Å². The largest absolute Gasteiger partial charge is 0.472 e. The van der Waals surface area contributed by atoms with Crippen molar-refractivity contribution in [2.45, 2.75) is 13.0 Å². The number of furan rings is 1. The molecule has 2 aromatic heterocycles. The fourth-order valence-corrected chi connectivity index (χ4v) is 3.16. The van der Waals surface area contributed by atoms with Gasteiger partial charge in [0.25, 0.3) is 5.91 Å². The summed E-state index contributed by atoms with van der Waals surface area (Å²) in [6.45, 7) is 1.10. The minimum Gasteiger partial charge on any atom is -0.472 e. The molecule has 2 heterocycles. The molecule has 0 fully saturated rings. The molecule has 3 aromatic rings. The first-order valence-electron chi connectivity index (χ1n) is 7.59. The molecule has 0 spiro atoms. The fourth-order valence-electron chi connectivity index (χ4n) is 2.46. The second-order valence-corrected chi connectivity index (χ2v) is 6.41. The fraction of sp³-hybridized carbons (Fsp3) is 0.158. The van der Waals surface area contributed by atoms with Crippen molar-refractivity contribution in [3.8, 4) is 6.07 Å². The van der Waals surface area contributed by atoms with Gasteiger partial charge < -0.3 is 9.32 Å². The first-order valence-corrected chi connectivity index (χ1v) is 8.47. The van der Waals surface area contributed by atoms with Gasteiger partial charge in [0.05, 0.1) is 24.2 Å². The van der Waals surface area contributed by atoms with Gasteiger partial charge in [0, 0.05) is 29.1 Å². The van der Waals surface area contributed by atoms with Crippen LogP contribution in [0.1, 0.15) is 26.4 Å². The van der Waals surface area contributed by atoms with Crippen molar-refractivity contribution in [1.82, 2.24) is 4.90 Å². The summed E-state index contributed by atoms with van der Waals surface area (Å²) in [5.41, 5.74) is 1.97. The molecule has 4 nitrogen and oxygen atoms in total. The van der Waals surface area contributed by atoms with E-state index >= 15 is 0 Å². The first-order chi connectivity index (χ1) is 11.8. The van der Waals surface area contributed by atoms with E-state index in [1.807, 2.05) is 17.5 Å². The quantitative estimate of drug-likeness (QED) is 0.681. The maximum Gasteiger partial charge on any atom is 0.254 e. The standard InChI is InChI=1S/C19H16N2O2S/c20-12-15-3-1-4-17(11-15)19(22)21(13-16-7-9-23-14-16)8-6-18-5-2-10-24-18/h1-5,7,9-11,14H,6,8,13H2. The minimum absolute atomic E-state index is 0.0788. The Morgan fingerprint density at radius 3 is 2.88 bits per heavy atom. The number of benzene rings is 1. The Hall–Kier alpha value is -2.84. The Bertz CT molecular complexity index is 833. The second-order valence-electron chi connectivity index (χ2n) is 5.38. The third kappa shape index (κ3) is 3.92. The summed E-state index contributed by atoms with van der Waals surface area (Å²) < 4.78 is 5.11. The van der Waals surface area contributed by atoms with E-state index < -0.39 is 0 Å². The lowest BCUT2D eigenvalue weighted by molar-refractivity contribution is 0.0745. The average Bonchev–Trinajstić information content (AvgIpc) is 3.31. The van der Waals surface area contributed by atoms with Gasteiger partial charge in [-0.1, -0.05) is 12.1 Å². The Labute approximate surface area is 144 Å². The SMILES string of the molecule is N#Cc1cccc(C(=O)N(CCc2cccs2)Cc2ccoc2)c1. The van der Waals surface area contributed by atoms with Crippen molar-refractivity contribution < 1.29 is 9.21 Å². The molecule has 1 amide bonds. The number of hydrogen-bond acceptors (Lipinski definition) is 4. The van der Waals surface area contributed by atoms with Crippen LogP contribution in [0.25, 0.3) is 0 Å². The van der Waals surface area contributed by atoms with Crippen LogP contribution in [-0.2, 0) is 13.0 Å². The second kappa shape index (κ2) is 7.62. The maximum atomic E-state index is 12.9. The molecule has 0 aliphatic heterocycles. The monoisotopic (exact) mass is 336 g/mol. The summed E-state index contributed by atoms with van der Waals surface area (Å²) in [6.07, 6.45) is 4.06. The highest BCUT2D eigenvalue weighted by Gasteiger charge is 2.17. The molecule has 3 rings (SSSR count). The predicted molar refractivity (Wildman–Crippen MR) is 92.6 cm³/mol. The third-order valence-electron chi connectivity index (χ3n) is 3.69. The summed E-state index contributed by atoms with van der Waals surface area (Å²) in [7, 11) is 0. The van der Waals surface area contributed by atoms with E-state index in [9.17, 15) is 4.79 Å². The molecule has 0 radical (unpaired) electrons. The molecule has 0 unspecified atom stereocenters. The molecule has 0 saturated carbocycles. The molecule has 0 atom stereocenters. The smallest absolute Gasteiger partial charge is 0.254 e. The number of carbonyl (C=O) groups is 1. The predicted octanol–water partition coefficient (Wildman–Crippen LogP) is 4.10. The lowest BCUT2D eigenvalue weighted by atomic mass is 10.1. The maximum absolute atomic E-state index is 12.9. The number of nitrogens with zero attached hydrogens (tertiary/aromatic N) is 2. The minimum atomic E-state index is -0.0788. The van der Waals surface area contributed by atoms with Gasteiger partial charge in [-0.25, -0.2) is 0 Å². The highest BCUT2D eigenvalue weighted by Crippen LogP contribution is 2.15. The first kappa shape index (κ1) is 16.0. The number of nitriles is 1. The Kier molecular flexibility index (Phi) is 5.09. The van der Waals surface area contributed by atoms with Crippen LogP contribution in [-0.4, -0.2) is 17.4 Å². The zero-order chi connectivity index (χ0) is 16.8. The molecule has 0 bridgehead atoms. The lowest BCUT2D eigenvalue weighted by Gasteiger charge is -2.22. The van der Waals surface area contributed by atoms with Gasteiger partial charge in [0.15, 0.2) is 0 Å². The van der Waals surface area contributed by atoms with Gasteiger partial charge >= 0.3 is 0 Å². The molecule has 0 saturated heterocycles. The number of amides is 1. The molecule has 0 N–H and O–H groups in total. The van der Waals surface area contributed by atoms with Crippen molar-refractivity contribution in [3.63, 3.8) is 0 Å². The summed E-state index contributed by atoms with van der Waals surface area (Å²) in [5, 5.41) is 11.1. The van der Waals surface area contributed by atoms with Crippen molar-refractivity contribution in [2.75, 3.05) is 6.54 Å². The molecule has 0 aliphatic rings. The molecule has 5 heteroatoms. The van der Waals surface area contributed by atoms with Crippen LogP contribution in [0.3, 0.4) is 0 Å². The number of rotatable bonds is 6. The lowest BCUT2D eigenvalue weighted by Crippen LogP contribution is -2.32. The zero-order valence-corrected chi connectivity index (χ0v) is 13.8. The highest BCUT2D eigenvalue weighted by molar-refractivity contribution is 7.09. The molecule has 120 valence electrons. The molecule has 1 aromatic carbocycles. The number of hydrogen-bond donors (Lipinski definition) is 0. The molecular formula is C19H16N2O2S. The van der Waals surface area contributed by atoms with Crippen LogP contribution in [0.4, 0.5) is 0 Å². The Morgan fingerprint density at radius 2 is 2.17 bits per heavy atom. The van der Waals surface area contributed by atoms with E-state index in [2.05, 4.69) is 12.1 Å².